The number of nitrogens with zero attached hydrogens (tertiary/aromatic N) is 1. The fraction of sp³-hybridized carbons (Fsp3) is 0.533. The van der Waals surface area contributed by atoms with E-state index in [2.05, 4.69) is 27.8 Å². The first kappa shape index (κ1) is 15.8. The summed E-state index contributed by atoms with van der Waals surface area (Å²) < 4.78 is 0.973. The minimum absolute atomic E-state index is 0.215. The monoisotopic (exact) mass is 359 g/mol. The highest BCUT2D eigenvalue weighted by molar-refractivity contribution is 9.10. The minimum atomic E-state index is -0.703. The van der Waals surface area contributed by atoms with E-state index >= 15 is 0 Å². The number of rotatable bonds is 4. The Kier molecular flexibility index (Phi) is 5.47. The zero-order valence-electron chi connectivity index (χ0n) is 11.5. The van der Waals surface area contributed by atoms with Crippen LogP contribution in [0.2, 0.25) is 5.02 Å². The van der Waals surface area contributed by atoms with Crippen molar-refractivity contribution >= 4 is 33.5 Å². The largest absolute Gasteiger partial charge is 0.481 e. The molecule has 2 unspecified atom stereocenters. The number of carboxylic acid groups (broad SMARTS) is 1. The van der Waals surface area contributed by atoms with Gasteiger partial charge in [0.15, 0.2) is 0 Å². The van der Waals surface area contributed by atoms with E-state index in [-0.39, 0.29) is 18.4 Å². The highest BCUT2D eigenvalue weighted by Crippen LogP contribution is 2.32. The number of benzene rings is 1. The van der Waals surface area contributed by atoms with Gasteiger partial charge in [-0.15, -0.1) is 0 Å². The lowest BCUT2D eigenvalue weighted by molar-refractivity contribution is -0.138. The average Bonchev–Trinajstić information content (AvgIpc) is 2.37. The minimum Gasteiger partial charge on any atom is -0.481 e. The molecule has 0 spiro atoms. The van der Waals surface area contributed by atoms with Crippen molar-refractivity contribution < 1.29 is 9.90 Å². The fourth-order valence-electron chi connectivity index (χ4n) is 2.90. The summed E-state index contributed by atoms with van der Waals surface area (Å²) >= 11 is 9.73. The Morgan fingerprint density at radius 3 is 3.00 bits per heavy atom. The van der Waals surface area contributed by atoms with E-state index in [9.17, 15) is 4.79 Å². The third-order valence-electron chi connectivity index (χ3n) is 3.97. The Hall–Kier alpha value is -0.580. The van der Waals surface area contributed by atoms with Gasteiger partial charge < -0.3 is 5.11 Å². The molecule has 1 aromatic rings. The van der Waals surface area contributed by atoms with E-state index in [1.54, 1.807) is 0 Å². The van der Waals surface area contributed by atoms with Crippen LogP contribution in [0.15, 0.2) is 22.7 Å². The summed E-state index contributed by atoms with van der Waals surface area (Å²) in [5.41, 5.74) is 1.10. The molecule has 1 heterocycles. The Labute approximate surface area is 133 Å². The molecule has 0 bridgehead atoms. The Morgan fingerprint density at radius 1 is 1.60 bits per heavy atom. The van der Waals surface area contributed by atoms with Crippen molar-refractivity contribution in [3.05, 3.63) is 33.3 Å². The average molecular weight is 361 g/mol. The van der Waals surface area contributed by atoms with Crippen molar-refractivity contribution in [3.63, 3.8) is 0 Å². The van der Waals surface area contributed by atoms with Gasteiger partial charge in [0, 0.05) is 28.5 Å². The number of aliphatic carboxylic acids is 1. The van der Waals surface area contributed by atoms with Gasteiger partial charge in [0.2, 0.25) is 0 Å². The van der Waals surface area contributed by atoms with Crippen molar-refractivity contribution in [2.24, 2.45) is 5.92 Å². The normalized spacial score (nSPS) is 21.6. The second-order valence-corrected chi connectivity index (χ2v) is 6.77. The molecule has 1 aliphatic rings. The quantitative estimate of drug-likeness (QED) is 0.868. The standard InChI is InChI=1S/C15H19BrClNO2/c1-10(13-5-4-12(16)8-14(13)17)18-6-2-3-11(9-18)7-15(19)20/h4-5,8,10-11H,2-3,6-7,9H2,1H3,(H,19,20). The van der Waals surface area contributed by atoms with Gasteiger partial charge in [0.25, 0.3) is 0 Å². The molecule has 0 amide bonds. The maximum absolute atomic E-state index is 10.9. The lowest BCUT2D eigenvalue weighted by atomic mass is 9.93. The van der Waals surface area contributed by atoms with Crippen LogP contribution < -0.4 is 0 Å². The Morgan fingerprint density at radius 2 is 2.35 bits per heavy atom. The van der Waals surface area contributed by atoms with E-state index in [4.69, 9.17) is 16.7 Å². The fourth-order valence-corrected chi connectivity index (χ4v) is 3.73. The van der Waals surface area contributed by atoms with Crippen molar-refractivity contribution in [1.29, 1.82) is 0 Å². The van der Waals surface area contributed by atoms with E-state index in [0.29, 0.717) is 0 Å². The van der Waals surface area contributed by atoms with Gasteiger partial charge in [-0.25, -0.2) is 0 Å². The highest BCUT2D eigenvalue weighted by atomic mass is 79.9. The Balaban J connectivity index is 2.08. The van der Waals surface area contributed by atoms with Gasteiger partial charge in [-0.3, -0.25) is 9.69 Å². The molecule has 20 heavy (non-hydrogen) atoms. The number of hydrogen-bond acceptors (Lipinski definition) is 2. The van der Waals surface area contributed by atoms with Crippen LogP contribution >= 0.6 is 27.5 Å². The van der Waals surface area contributed by atoms with E-state index < -0.39 is 5.97 Å². The van der Waals surface area contributed by atoms with Gasteiger partial charge in [0.1, 0.15) is 0 Å². The molecule has 1 N–H and O–H groups in total. The van der Waals surface area contributed by atoms with Crippen LogP contribution in [0.5, 0.6) is 0 Å². The maximum Gasteiger partial charge on any atom is 0.303 e. The van der Waals surface area contributed by atoms with Crippen LogP contribution in [-0.2, 0) is 4.79 Å². The molecule has 0 aliphatic carbocycles. The second-order valence-electron chi connectivity index (χ2n) is 5.44. The molecule has 1 aliphatic heterocycles. The van der Waals surface area contributed by atoms with Crippen molar-refractivity contribution in [2.45, 2.75) is 32.2 Å². The van der Waals surface area contributed by atoms with E-state index in [1.807, 2.05) is 18.2 Å². The topological polar surface area (TPSA) is 40.5 Å². The lowest BCUT2D eigenvalue weighted by Gasteiger charge is -2.37. The van der Waals surface area contributed by atoms with Crippen LogP contribution in [0.1, 0.15) is 37.8 Å². The second kappa shape index (κ2) is 6.92. The van der Waals surface area contributed by atoms with Crippen LogP contribution in [0.4, 0.5) is 0 Å². The molecule has 0 saturated carbocycles. The van der Waals surface area contributed by atoms with Crippen molar-refractivity contribution in [3.8, 4) is 0 Å². The molecule has 0 aromatic heterocycles. The number of carboxylic acids is 1. The summed E-state index contributed by atoms with van der Waals surface area (Å²) in [6, 6.07) is 6.16. The first-order chi connectivity index (χ1) is 9.47. The molecular formula is C15H19BrClNO2. The summed E-state index contributed by atoms with van der Waals surface area (Å²) in [5.74, 6) is -0.455. The molecular weight excluding hydrogens is 342 g/mol. The van der Waals surface area contributed by atoms with Gasteiger partial charge in [0.05, 0.1) is 0 Å². The Bertz CT molecular complexity index is 495. The zero-order chi connectivity index (χ0) is 14.7. The van der Waals surface area contributed by atoms with Gasteiger partial charge in [-0.2, -0.15) is 0 Å². The third-order valence-corrected chi connectivity index (χ3v) is 4.79. The molecule has 1 saturated heterocycles. The van der Waals surface area contributed by atoms with Gasteiger partial charge >= 0.3 is 5.97 Å². The SMILES string of the molecule is CC(c1ccc(Br)cc1Cl)N1CCCC(CC(=O)O)C1. The summed E-state index contributed by atoms with van der Waals surface area (Å²) in [7, 11) is 0. The van der Waals surface area contributed by atoms with Gasteiger partial charge in [-0.1, -0.05) is 33.6 Å². The molecule has 1 fully saturated rings. The molecule has 2 rings (SSSR count). The van der Waals surface area contributed by atoms with Crippen LogP contribution in [0.3, 0.4) is 0 Å². The molecule has 3 nitrogen and oxygen atoms in total. The summed E-state index contributed by atoms with van der Waals surface area (Å²) in [6.45, 7) is 3.97. The first-order valence-electron chi connectivity index (χ1n) is 6.88. The molecule has 110 valence electrons. The van der Waals surface area contributed by atoms with Crippen molar-refractivity contribution in [2.75, 3.05) is 13.1 Å². The summed E-state index contributed by atoms with van der Waals surface area (Å²) in [4.78, 5) is 13.2. The number of likely N-dealkylation sites (tertiary alicyclic amines) is 1. The highest BCUT2D eigenvalue weighted by Gasteiger charge is 2.26. The predicted molar refractivity (Wildman–Crippen MR) is 84.1 cm³/mol. The smallest absolute Gasteiger partial charge is 0.303 e. The number of halogens is 2. The zero-order valence-corrected chi connectivity index (χ0v) is 13.8. The maximum atomic E-state index is 10.9. The number of carbonyl (C=O) groups is 1. The number of hydrogen-bond donors (Lipinski definition) is 1. The van der Waals surface area contributed by atoms with Crippen molar-refractivity contribution in [1.82, 2.24) is 4.90 Å². The molecule has 2 atom stereocenters. The predicted octanol–water partition coefficient (Wildman–Crippen LogP) is 4.35. The molecule has 5 heteroatoms. The van der Waals surface area contributed by atoms with Crippen LogP contribution in [-0.4, -0.2) is 29.1 Å². The summed E-state index contributed by atoms with van der Waals surface area (Å²) in [6.07, 6.45) is 2.32. The van der Waals surface area contributed by atoms with Crippen LogP contribution in [0.25, 0.3) is 0 Å². The van der Waals surface area contributed by atoms with Crippen LogP contribution in [0, 0.1) is 5.92 Å². The lowest BCUT2D eigenvalue weighted by Crippen LogP contribution is -2.38. The first-order valence-corrected chi connectivity index (χ1v) is 8.05. The molecule has 1 aromatic carbocycles. The third kappa shape index (κ3) is 3.96. The molecule has 0 radical (unpaired) electrons. The van der Waals surface area contributed by atoms with E-state index in [0.717, 1.165) is 41.0 Å². The van der Waals surface area contributed by atoms with Gasteiger partial charge in [-0.05, 0) is 49.9 Å². The summed E-state index contributed by atoms with van der Waals surface area (Å²) in [5, 5.41) is 9.69. The number of piperidine rings is 1. The van der Waals surface area contributed by atoms with E-state index in [1.165, 1.54) is 0 Å².